The average Bonchev–Trinajstić information content (AvgIpc) is 3.27. The molecule has 13 nitrogen and oxygen atoms in total. The zero-order valence-electron chi connectivity index (χ0n) is 18.9. The zero-order valence-corrected chi connectivity index (χ0v) is 18.9. The number of hydrogen-bond donors (Lipinski definition) is 4. The molecule has 5 rings (SSSR count). The normalized spacial score (nSPS) is 17.1. The first-order valence-electron chi connectivity index (χ1n) is 10.8. The number of amides is 1. The van der Waals surface area contributed by atoms with E-state index in [4.69, 9.17) is 9.26 Å². The predicted octanol–water partition coefficient (Wildman–Crippen LogP) is 1.15. The highest BCUT2D eigenvalue weighted by molar-refractivity contribution is 6.05. The molecule has 0 spiro atoms. The number of aromatic nitrogens is 5. The van der Waals surface area contributed by atoms with E-state index in [0.717, 1.165) is 12.8 Å². The molecule has 1 aliphatic carbocycles. The van der Waals surface area contributed by atoms with Gasteiger partial charge in [0.2, 0.25) is 5.76 Å². The van der Waals surface area contributed by atoms with Crippen molar-refractivity contribution in [1.29, 1.82) is 0 Å². The molecule has 180 valence electrons. The van der Waals surface area contributed by atoms with Gasteiger partial charge in [-0.05, 0) is 25.0 Å². The van der Waals surface area contributed by atoms with Crippen molar-refractivity contribution in [3.05, 3.63) is 63.3 Å². The van der Waals surface area contributed by atoms with Gasteiger partial charge in [-0.25, -0.2) is 9.97 Å². The summed E-state index contributed by atoms with van der Waals surface area (Å²) in [7, 11) is 3.30. The Hall–Kier alpha value is -4.52. The average molecular weight is 478 g/mol. The van der Waals surface area contributed by atoms with Gasteiger partial charge in [-0.2, -0.15) is 0 Å². The molecule has 0 saturated heterocycles. The molecule has 0 aromatic carbocycles. The third-order valence-electron chi connectivity index (χ3n) is 5.86. The van der Waals surface area contributed by atoms with E-state index in [1.165, 1.54) is 23.2 Å². The first-order chi connectivity index (χ1) is 17.0. The third kappa shape index (κ3) is 4.12. The Morgan fingerprint density at radius 3 is 2.80 bits per heavy atom. The number of nitrogens with one attached hydrogen (secondary N) is 4. The summed E-state index contributed by atoms with van der Waals surface area (Å²) < 4.78 is 11.9. The summed E-state index contributed by atoms with van der Waals surface area (Å²) in [6, 6.07) is 5.95. The number of pyridine rings is 2. The Morgan fingerprint density at radius 1 is 1.23 bits per heavy atom. The zero-order chi connectivity index (χ0) is 24.5. The van der Waals surface area contributed by atoms with Crippen molar-refractivity contribution >= 4 is 34.1 Å². The van der Waals surface area contributed by atoms with Gasteiger partial charge in [0.1, 0.15) is 22.8 Å². The van der Waals surface area contributed by atoms with Crippen LogP contribution in [0.1, 0.15) is 23.4 Å². The van der Waals surface area contributed by atoms with Gasteiger partial charge in [0.15, 0.2) is 5.52 Å². The van der Waals surface area contributed by atoms with Crippen LogP contribution in [-0.4, -0.2) is 56.9 Å². The van der Waals surface area contributed by atoms with Crippen molar-refractivity contribution in [2.75, 3.05) is 24.8 Å². The van der Waals surface area contributed by atoms with E-state index in [0.29, 0.717) is 11.2 Å². The van der Waals surface area contributed by atoms with Gasteiger partial charge in [-0.3, -0.25) is 19.0 Å². The van der Waals surface area contributed by atoms with E-state index >= 15 is 0 Å². The molecule has 4 heterocycles. The lowest BCUT2D eigenvalue weighted by atomic mass is 9.89. The second kappa shape index (κ2) is 9.02. The summed E-state index contributed by atoms with van der Waals surface area (Å²) in [4.78, 5) is 48.5. The monoisotopic (exact) mass is 478 g/mol. The van der Waals surface area contributed by atoms with Crippen LogP contribution in [0.2, 0.25) is 0 Å². The number of carbonyl (C=O) groups is 1. The molecule has 35 heavy (non-hydrogen) atoms. The molecule has 0 unspecified atom stereocenters. The summed E-state index contributed by atoms with van der Waals surface area (Å²) in [5, 5.41) is 12.9. The van der Waals surface area contributed by atoms with Gasteiger partial charge in [0, 0.05) is 32.5 Å². The van der Waals surface area contributed by atoms with Gasteiger partial charge in [-0.1, -0.05) is 5.16 Å². The van der Waals surface area contributed by atoms with Crippen molar-refractivity contribution < 1.29 is 14.1 Å². The highest BCUT2D eigenvalue weighted by Crippen LogP contribution is 2.29. The quantitative estimate of drug-likeness (QED) is 0.302. The maximum Gasteiger partial charge on any atom is 0.292 e. The number of carbonyl (C=O) groups excluding carboxylic acids is 1. The lowest BCUT2D eigenvalue weighted by molar-refractivity contribution is 0.00678. The summed E-state index contributed by atoms with van der Waals surface area (Å²) in [5.41, 5.74) is 0.505. The summed E-state index contributed by atoms with van der Waals surface area (Å²) >= 11 is 0. The number of hydrogen-bond acceptors (Lipinski definition) is 10. The van der Waals surface area contributed by atoms with Crippen LogP contribution in [0.15, 0.2) is 50.9 Å². The Labute approximate surface area is 197 Å². The van der Waals surface area contributed by atoms with Crippen LogP contribution < -0.4 is 27.1 Å². The van der Waals surface area contributed by atoms with Crippen LogP contribution in [0, 0.1) is 0 Å². The molecular formula is C22H22N8O5. The molecule has 1 aliphatic rings. The molecule has 1 saturated carbocycles. The Kier molecular flexibility index (Phi) is 5.74. The van der Waals surface area contributed by atoms with E-state index in [2.05, 4.69) is 36.1 Å². The first kappa shape index (κ1) is 22.3. The minimum atomic E-state index is -0.451. The Bertz CT molecular complexity index is 1520. The lowest BCUT2D eigenvalue weighted by Gasteiger charge is -2.35. The maximum absolute atomic E-state index is 13.0. The topological polar surface area (TPSA) is 169 Å². The number of methoxy groups -OCH3 is 1. The fourth-order valence-electron chi connectivity index (χ4n) is 3.88. The van der Waals surface area contributed by atoms with Crippen molar-refractivity contribution in [2.45, 2.75) is 25.0 Å². The van der Waals surface area contributed by atoms with Crippen LogP contribution in [-0.2, 0) is 4.74 Å². The molecule has 4 aromatic heterocycles. The van der Waals surface area contributed by atoms with Crippen LogP contribution in [0.25, 0.3) is 16.9 Å². The van der Waals surface area contributed by atoms with Crippen molar-refractivity contribution in [1.82, 2.24) is 30.0 Å². The standard InChI is InChI=1S/C22H22N8O5/c1-23-13-8-15(26-12-4-3-7-30(22(12)33)16-9-17(31)25-10-24-16)28-19-18(13)29-35-20(19)21(32)27-11-5-6-14(11)34-2/h3-4,7-11,14,23H,5-6H2,1-2H3,(H,26,28)(H,27,32)(H,24,25,31)/t11-,14-/m1/s1. The minimum Gasteiger partial charge on any atom is -0.386 e. The molecule has 4 aromatic rings. The van der Waals surface area contributed by atoms with Gasteiger partial charge in [-0.15, -0.1) is 0 Å². The Balaban J connectivity index is 1.49. The van der Waals surface area contributed by atoms with E-state index in [-0.39, 0.29) is 46.3 Å². The third-order valence-corrected chi connectivity index (χ3v) is 5.86. The molecule has 0 radical (unpaired) electrons. The fraction of sp³-hybridized carbons (Fsp3) is 0.273. The minimum absolute atomic E-state index is 0.0406. The molecule has 13 heteroatoms. The highest BCUT2D eigenvalue weighted by atomic mass is 16.5. The highest BCUT2D eigenvalue weighted by Gasteiger charge is 2.34. The number of ether oxygens (including phenoxy) is 1. The smallest absolute Gasteiger partial charge is 0.292 e. The van der Waals surface area contributed by atoms with Crippen LogP contribution >= 0.6 is 0 Å². The van der Waals surface area contributed by atoms with Gasteiger partial charge in [0.25, 0.3) is 17.0 Å². The van der Waals surface area contributed by atoms with Crippen molar-refractivity contribution in [2.24, 2.45) is 0 Å². The molecule has 0 aliphatic heterocycles. The van der Waals surface area contributed by atoms with Crippen LogP contribution in [0.4, 0.5) is 17.2 Å². The molecule has 1 amide bonds. The number of rotatable bonds is 7. The largest absolute Gasteiger partial charge is 0.386 e. The first-order valence-corrected chi connectivity index (χ1v) is 10.8. The number of nitrogens with zero attached hydrogens (tertiary/aromatic N) is 4. The number of aromatic amines is 1. The summed E-state index contributed by atoms with van der Waals surface area (Å²) in [6.45, 7) is 0. The fourth-order valence-corrected chi connectivity index (χ4v) is 3.88. The van der Waals surface area contributed by atoms with Crippen LogP contribution in [0.3, 0.4) is 0 Å². The van der Waals surface area contributed by atoms with Gasteiger partial charge >= 0.3 is 0 Å². The van der Waals surface area contributed by atoms with Crippen molar-refractivity contribution in [3.8, 4) is 5.82 Å². The number of H-pyrrole nitrogens is 1. The van der Waals surface area contributed by atoms with E-state index in [9.17, 15) is 14.4 Å². The van der Waals surface area contributed by atoms with E-state index in [1.54, 1.807) is 32.4 Å². The van der Waals surface area contributed by atoms with Gasteiger partial charge < -0.3 is 30.2 Å². The van der Waals surface area contributed by atoms with Crippen molar-refractivity contribution in [3.63, 3.8) is 0 Å². The SMILES string of the molecule is CNc1cc(Nc2cccn(-c3cc(=O)[nH]cn3)c2=O)nc2c(C(=O)N[C@@H]3CC[C@H]3OC)onc12. The number of fused-ring (bicyclic) bond motifs is 1. The molecule has 0 bridgehead atoms. The molecule has 2 atom stereocenters. The Morgan fingerprint density at radius 2 is 2.09 bits per heavy atom. The number of anilines is 3. The van der Waals surface area contributed by atoms with E-state index < -0.39 is 11.5 Å². The lowest BCUT2D eigenvalue weighted by Crippen LogP contribution is -2.51. The van der Waals surface area contributed by atoms with E-state index in [1.807, 2.05) is 0 Å². The van der Waals surface area contributed by atoms with Crippen LogP contribution in [0.5, 0.6) is 0 Å². The molecular weight excluding hydrogens is 456 g/mol. The summed E-state index contributed by atoms with van der Waals surface area (Å²) in [6.07, 6.45) is 4.36. The molecule has 4 N–H and O–H groups in total. The second-order valence-corrected chi connectivity index (χ2v) is 7.94. The predicted molar refractivity (Wildman–Crippen MR) is 126 cm³/mol. The maximum atomic E-state index is 13.0. The summed E-state index contributed by atoms with van der Waals surface area (Å²) in [5.74, 6) is -0.0372. The second-order valence-electron chi connectivity index (χ2n) is 7.94. The molecule has 1 fully saturated rings. The van der Waals surface area contributed by atoms with Gasteiger partial charge in [0.05, 0.1) is 24.2 Å².